The summed E-state index contributed by atoms with van der Waals surface area (Å²) >= 11 is 0. The van der Waals surface area contributed by atoms with E-state index in [0.717, 1.165) is 43.0 Å². The molecular weight excluding hydrogens is 260 g/mol. The number of rotatable bonds is 3. The van der Waals surface area contributed by atoms with Gasteiger partial charge in [-0.1, -0.05) is 23.8 Å². The molecule has 0 atom stereocenters. The number of benzene rings is 1. The molecular formula is C17H22N4. The zero-order valence-corrected chi connectivity index (χ0v) is 12.7. The lowest BCUT2D eigenvalue weighted by Gasteiger charge is -2.23. The molecule has 0 spiro atoms. The van der Waals surface area contributed by atoms with Crippen molar-refractivity contribution in [1.29, 1.82) is 0 Å². The van der Waals surface area contributed by atoms with E-state index in [2.05, 4.69) is 52.9 Å². The van der Waals surface area contributed by atoms with E-state index in [-0.39, 0.29) is 0 Å². The summed E-state index contributed by atoms with van der Waals surface area (Å²) in [6, 6.07) is 11.0. The van der Waals surface area contributed by atoms with Gasteiger partial charge >= 0.3 is 0 Å². The highest BCUT2D eigenvalue weighted by Gasteiger charge is 2.13. The zero-order valence-electron chi connectivity index (χ0n) is 12.7. The molecule has 0 bridgehead atoms. The Morgan fingerprint density at radius 3 is 2.52 bits per heavy atom. The number of hydrogen-bond donors (Lipinski definition) is 2. The summed E-state index contributed by atoms with van der Waals surface area (Å²) in [7, 11) is 0. The zero-order chi connectivity index (χ0) is 14.7. The monoisotopic (exact) mass is 282 g/mol. The molecule has 2 heterocycles. The normalized spacial score (nSPS) is 15.9. The van der Waals surface area contributed by atoms with Gasteiger partial charge in [-0.3, -0.25) is 0 Å². The smallest absolute Gasteiger partial charge is 0.148 e. The molecule has 2 aromatic rings. The van der Waals surface area contributed by atoms with E-state index in [9.17, 15) is 0 Å². The Hall–Kier alpha value is -1.94. The molecule has 21 heavy (non-hydrogen) atoms. The Bertz CT molecular complexity index is 601. The topological polar surface area (TPSA) is 49.8 Å². The number of aryl methyl sites for hydroxylation is 2. The molecule has 1 aliphatic heterocycles. The molecule has 110 valence electrons. The van der Waals surface area contributed by atoms with Crippen LogP contribution in [0.1, 0.15) is 24.0 Å². The van der Waals surface area contributed by atoms with E-state index in [1.165, 1.54) is 11.1 Å². The van der Waals surface area contributed by atoms with Crippen LogP contribution in [0.4, 0.5) is 5.82 Å². The molecule has 0 amide bonds. The minimum Gasteiger partial charge on any atom is -0.366 e. The van der Waals surface area contributed by atoms with Crippen molar-refractivity contribution < 1.29 is 0 Å². The maximum Gasteiger partial charge on any atom is 0.148 e. The molecule has 0 saturated carbocycles. The van der Waals surface area contributed by atoms with Crippen molar-refractivity contribution in [2.45, 2.75) is 32.7 Å². The van der Waals surface area contributed by atoms with Gasteiger partial charge in [-0.2, -0.15) is 0 Å². The summed E-state index contributed by atoms with van der Waals surface area (Å²) in [5.74, 6) is 0.871. The van der Waals surface area contributed by atoms with Crippen molar-refractivity contribution in [3.8, 4) is 11.3 Å². The number of anilines is 1. The van der Waals surface area contributed by atoms with Gasteiger partial charge in [0, 0.05) is 11.6 Å². The van der Waals surface area contributed by atoms with Gasteiger partial charge in [-0.25, -0.2) is 0 Å². The Balaban J connectivity index is 1.74. The van der Waals surface area contributed by atoms with Gasteiger partial charge in [0.2, 0.25) is 0 Å². The van der Waals surface area contributed by atoms with E-state index < -0.39 is 0 Å². The largest absolute Gasteiger partial charge is 0.366 e. The minimum atomic E-state index is 0.507. The van der Waals surface area contributed by atoms with E-state index in [0.29, 0.717) is 6.04 Å². The Labute approximate surface area is 126 Å². The van der Waals surface area contributed by atoms with Gasteiger partial charge in [0.05, 0.1) is 5.69 Å². The Morgan fingerprint density at radius 1 is 1.05 bits per heavy atom. The predicted octanol–water partition coefficient (Wildman–Crippen LogP) is 2.92. The van der Waals surface area contributed by atoms with Crippen molar-refractivity contribution in [1.82, 2.24) is 15.5 Å². The molecule has 1 saturated heterocycles. The first-order valence-corrected chi connectivity index (χ1v) is 7.61. The van der Waals surface area contributed by atoms with Crippen LogP contribution in [0.2, 0.25) is 0 Å². The molecule has 0 aliphatic carbocycles. The molecule has 3 rings (SSSR count). The van der Waals surface area contributed by atoms with E-state index >= 15 is 0 Å². The molecule has 0 unspecified atom stereocenters. The first-order chi connectivity index (χ1) is 10.2. The highest BCUT2D eigenvalue weighted by atomic mass is 15.2. The quantitative estimate of drug-likeness (QED) is 0.909. The first-order valence-electron chi connectivity index (χ1n) is 7.61. The maximum atomic E-state index is 4.38. The van der Waals surface area contributed by atoms with E-state index in [1.54, 1.807) is 0 Å². The summed E-state index contributed by atoms with van der Waals surface area (Å²) in [5.41, 5.74) is 4.60. The number of hydrogen-bond acceptors (Lipinski definition) is 4. The van der Waals surface area contributed by atoms with Crippen LogP contribution in [0.5, 0.6) is 0 Å². The summed E-state index contributed by atoms with van der Waals surface area (Å²) in [6.07, 6.45) is 2.28. The van der Waals surface area contributed by atoms with Gasteiger partial charge in [0.1, 0.15) is 5.82 Å². The Kier molecular flexibility index (Phi) is 4.15. The molecule has 1 aliphatic rings. The van der Waals surface area contributed by atoms with Gasteiger partial charge in [-0.05, 0) is 57.5 Å². The third-order valence-corrected chi connectivity index (χ3v) is 4.01. The molecule has 4 heteroatoms. The molecule has 1 aromatic heterocycles. The van der Waals surface area contributed by atoms with Gasteiger partial charge in [-0.15, -0.1) is 10.2 Å². The van der Waals surface area contributed by atoms with Gasteiger partial charge in [0.15, 0.2) is 0 Å². The average molecular weight is 282 g/mol. The fourth-order valence-electron chi connectivity index (χ4n) is 2.83. The maximum absolute atomic E-state index is 4.38. The second-order valence-corrected chi connectivity index (χ2v) is 5.79. The van der Waals surface area contributed by atoms with Crippen LogP contribution in [0.3, 0.4) is 0 Å². The fraction of sp³-hybridized carbons (Fsp3) is 0.412. The molecule has 0 radical (unpaired) electrons. The lowest BCUT2D eigenvalue weighted by Crippen LogP contribution is -2.35. The highest BCUT2D eigenvalue weighted by molar-refractivity contribution is 5.64. The van der Waals surface area contributed by atoms with Crippen molar-refractivity contribution in [2.24, 2.45) is 0 Å². The van der Waals surface area contributed by atoms with Crippen LogP contribution in [-0.2, 0) is 0 Å². The predicted molar refractivity (Wildman–Crippen MR) is 86.5 cm³/mol. The molecule has 2 N–H and O–H groups in total. The highest BCUT2D eigenvalue weighted by Crippen LogP contribution is 2.22. The number of piperidine rings is 1. The van der Waals surface area contributed by atoms with Crippen LogP contribution < -0.4 is 10.6 Å². The summed E-state index contributed by atoms with van der Waals surface area (Å²) in [6.45, 7) is 6.37. The van der Waals surface area contributed by atoms with E-state index in [4.69, 9.17) is 0 Å². The second kappa shape index (κ2) is 6.22. The summed E-state index contributed by atoms with van der Waals surface area (Å²) < 4.78 is 0. The van der Waals surface area contributed by atoms with Crippen LogP contribution in [0.25, 0.3) is 11.3 Å². The van der Waals surface area contributed by atoms with E-state index in [1.807, 2.05) is 12.1 Å². The molecule has 1 aromatic carbocycles. The van der Waals surface area contributed by atoms with Crippen molar-refractivity contribution in [3.05, 3.63) is 41.5 Å². The van der Waals surface area contributed by atoms with Crippen LogP contribution in [0, 0.1) is 13.8 Å². The van der Waals surface area contributed by atoms with Crippen LogP contribution in [-0.4, -0.2) is 29.3 Å². The third-order valence-electron chi connectivity index (χ3n) is 4.01. The second-order valence-electron chi connectivity index (χ2n) is 5.79. The van der Waals surface area contributed by atoms with Crippen molar-refractivity contribution >= 4 is 5.82 Å². The fourth-order valence-corrected chi connectivity index (χ4v) is 2.83. The average Bonchev–Trinajstić information content (AvgIpc) is 2.49. The number of nitrogens with zero attached hydrogens (tertiary/aromatic N) is 2. The minimum absolute atomic E-state index is 0.507. The standard InChI is InChI=1S/C17H22N4/c1-12-3-4-15(13(2)11-12)16-5-6-17(21-20-16)19-14-7-9-18-10-8-14/h3-6,11,14,18H,7-10H2,1-2H3,(H,19,21). The third kappa shape index (κ3) is 3.39. The number of aromatic nitrogens is 2. The van der Waals surface area contributed by atoms with Crippen LogP contribution in [0.15, 0.2) is 30.3 Å². The van der Waals surface area contributed by atoms with Gasteiger partial charge in [0.25, 0.3) is 0 Å². The lowest BCUT2D eigenvalue weighted by molar-refractivity contribution is 0.478. The number of nitrogens with one attached hydrogen (secondary N) is 2. The Morgan fingerprint density at radius 2 is 1.86 bits per heavy atom. The lowest BCUT2D eigenvalue weighted by atomic mass is 10.0. The summed E-state index contributed by atoms with van der Waals surface area (Å²) in [4.78, 5) is 0. The molecule has 4 nitrogen and oxygen atoms in total. The summed E-state index contributed by atoms with van der Waals surface area (Å²) in [5, 5.41) is 15.5. The SMILES string of the molecule is Cc1ccc(-c2ccc(NC3CCNCC3)nn2)c(C)c1. The van der Waals surface area contributed by atoms with Crippen molar-refractivity contribution in [2.75, 3.05) is 18.4 Å². The first kappa shape index (κ1) is 14.0. The van der Waals surface area contributed by atoms with Gasteiger partial charge < -0.3 is 10.6 Å². The van der Waals surface area contributed by atoms with Crippen molar-refractivity contribution in [3.63, 3.8) is 0 Å². The molecule has 1 fully saturated rings. The van der Waals surface area contributed by atoms with Crippen LogP contribution >= 0.6 is 0 Å².